The number of ketones is 4. The van der Waals surface area contributed by atoms with E-state index in [0.29, 0.717) is 48.7 Å². The number of pyridine rings is 1. The van der Waals surface area contributed by atoms with Gasteiger partial charge in [-0.05, 0) is 233 Å². The fourth-order valence-electron chi connectivity index (χ4n) is 13.9. The summed E-state index contributed by atoms with van der Waals surface area (Å²) >= 11 is 20.7. The van der Waals surface area contributed by atoms with Crippen LogP contribution in [0.15, 0.2) is 202 Å². The van der Waals surface area contributed by atoms with E-state index in [1.165, 1.54) is 64.3 Å². The number of esters is 1. The van der Waals surface area contributed by atoms with E-state index in [-0.39, 0.29) is 103 Å². The fourth-order valence-corrected chi connectivity index (χ4v) is 19.9. The van der Waals surface area contributed by atoms with Crippen LogP contribution in [0.3, 0.4) is 0 Å². The van der Waals surface area contributed by atoms with Gasteiger partial charge in [0, 0.05) is 94.0 Å². The second kappa shape index (κ2) is 48.3. The smallest absolute Gasteiger partial charge is 0.870 e. The number of nitrogens with one attached hydrogen (secondary N) is 1. The maximum atomic E-state index is 12.0. The number of ether oxygens (including phenoxy) is 1. The van der Waals surface area contributed by atoms with Gasteiger partial charge in [-0.2, -0.15) is 0 Å². The number of hydrogen-bond donors (Lipinski definition) is 4. The summed E-state index contributed by atoms with van der Waals surface area (Å²) in [6.07, 6.45) is 10.7. The molecule has 1 aliphatic heterocycles. The zero-order valence-corrected chi connectivity index (χ0v) is 75.3. The van der Waals surface area contributed by atoms with E-state index in [2.05, 4.69) is 72.5 Å². The number of amides is 1. The number of alkyl halides is 1. The molecule has 1 amide bonds. The average Bonchev–Trinajstić information content (AvgIpc) is 1.62. The number of fused-ring (bicyclic) bond motifs is 12. The quantitative estimate of drug-likeness (QED) is 0.0230. The van der Waals surface area contributed by atoms with Gasteiger partial charge in [-0.25, -0.2) is 14.0 Å². The molecular formula is C92H85Cl4N2NaO15S7. The van der Waals surface area contributed by atoms with Crippen LogP contribution in [0.4, 0.5) is 5.69 Å². The number of carboxylic acid groups (broad SMARTS) is 2. The standard InChI is InChI=1S/C23H19NO3S.C13H12O3S.C12H11NO2.C11H9ClOS.C11H10OS.C10H7ClOS.C10H8O2S.2CH4.Cl2OS.Na.H2O/c25-22-18(11-14-12-28-19-8-4-3-6-15(14)19)24-21-16-7-2-1-5-13(16)9-10-17(21)20(22)23(26)27;1-9(14)16-7-11(15)6-10-8-17-13-5-3-2-4-12(10)13;14-11-9-6-5-7-3-1-2-4-8(7)10(9)13-12(11)15;12-6-9(13)5-8-7-14-11-4-2-1-3-10(8)11;1-8(12)6-9-7-13-11-5-3-2-4-10(9)11;2*11-10(12)5-7-6-13-9-4-2-1-3-8(7)9;;;1-4(2)3;;/h3-4,6,8-10,12,25H,1-2,5,7,11H2,(H,26,27);2-5,8H,6-7H2,1H3;5-6H,1-4H2,(H,13,14,15);1-4,7H,5-6H2;2-5,7H,6H2,1H3;1-4,6H,5H2;1-4,6H,5H2,(H,11,12);2*1H4;;;1H2/q;;;;;;;;;;+1;/p-1. The van der Waals surface area contributed by atoms with E-state index < -0.39 is 38.8 Å². The Morgan fingerprint density at radius 1 is 0.488 bits per heavy atom. The molecule has 0 bridgehead atoms. The van der Waals surface area contributed by atoms with Crippen molar-refractivity contribution in [2.45, 2.75) is 119 Å². The summed E-state index contributed by atoms with van der Waals surface area (Å²) in [6, 6.07) is 55.8. The number of Topliss-reactive ketones (excluding diaryl/α,β-unsaturated/α-hetero) is 4. The number of carboxylic acids is 2. The number of aromatic nitrogens is 1. The minimum atomic E-state index is -1.67. The van der Waals surface area contributed by atoms with Crippen LogP contribution in [0, 0.1) is 0 Å². The van der Waals surface area contributed by atoms with Gasteiger partial charge in [0.2, 0.25) is 14.5 Å². The van der Waals surface area contributed by atoms with Gasteiger partial charge in [0.15, 0.2) is 17.3 Å². The second-order valence-electron chi connectivity index (χ2n) is 27.2. The van der Waals surface area contributed by atoms with Gasteiger partial charge in [-0.3, -0.25) is 38.4 Å². The molecule has 121 heavy (non-hydrogen) atoms. The zero-order chi connectivity index (χ0) is 83.2. The first kappa shape index (κ1) is 99.3. The second-order valence-corrected chi connectivity index (χ2v) is 35.9. The topological polar surface area (TPSA) is 296 Å². The van der Waals surface area contributed by atoms with E-state index in [1.54, 1.807) is 87.1 Å². The molecule has 7 aromatic heterocycles. The molecule has 3 aliphatic rings. The Balaban J connectivity index is 0.000000196. The molecule has 8 heterocycles. The zero-order valence-electron chi connectivity index (χ0n) is 64.5. The number of thiophene rings is 6. The Labute approximate surface area is 767 Å². The average molecular weight is 1850 g/mol. The SMILES string of the molecule is C.C.CC(=O)Cc1csc2ccccc12.CC(=O)OCC(=O)Cc1csc2ccccc12.O=C(CCl)Cc1csc2ccccc12.O=C(Cl)Cc1csc2ccccc12.O=C(O)Cc1csc2ccccc12.O=C(O)c1c(O)c(Cc2csc3ccccc23)nc2c3c(ccc12)CCCC3.O=C1Nc2c(ccc3c2CCCC3)C1=O.O=S(Cl)Cl.[Na+].[OH-]. The van der Waals surface area contributed by atoms with Gasteiger partial charge >= 0.3 is 47.5 Å². The van der Waals surface area contributed by atoms with Gasteiger partial charge in [0.05, 0.1) is 34.8 Å². The number of aromatic carboxylic acids is 1. The summed E-state index contributed by atoms with van der Waals surface area (Å²) in [6.45, 7) is 2.79. The first-order valence-electron chi connectivity index (χ1n) is 36.9. The summed E-state index contributed by atoms with van der Waals surface area (Å²) in [7, 11) is 7.36. The van der Waals surface area contributed by atoms with Crippen LogP contribution in [0.1, 0.15) is 136 Å². The molecule has 2 aliphatic carbocycles. The molecule has 0 radical (unpaired) electrons. The molecule has 29 heteroatoms. The van der Waals surface area contributed by atoms with Crippen LogP contribution in [0.2, 0.25) is 0 Å². The van der Waals surface area contributed by atoms with E-state index in [9.17, 15) is 53.4 Å². The normalized spacial score (nSPS) is 11.8. The molecule has 5 N–H and O–H groups in total. The van der Waals surface area contributed by atoms with Crippen LogP contribution in [-0.4, -0.2) is 94.7 Å². The Morgan fingerprint density at radius 3 is 1.26 bits per heavy atom. The van der Waals surface area contributed by atoms with Crippen molar-refractivity contribution >= 4 is 251 Å². The van der Waals surface area contributed by atoms with Crippen molar-refractivity contribution in [2.75, 3.05) is 17.8 Å². The number of aliphatic carboxylic acids is 1. The maximum absolute atomic E-state index is 12.0. The molecule has 0 atom stereocenters. The van der Waals surface area contributed by atoms with E-state index in [0.717, 1.165) is 121 Å². The third-order valence-corrected chi connectivity index (χ3v) is 25.7. The van der Waals surface area contributed by atoms with E-state index in [4.69, 9.17) is 37.5 Å². The van der Waals surface area contributed by atoms with Crippen molar-refractivity contribution in [1.29, 1.82) is 0 Å². The Kier molecular flexibility index (Phi) is 39.7. The monoisotopic (exact) mass is 1840 g/mol. The van der Waals surface area contributed by atoms with Crippen molar-refractivity contribution in [3.8, 4) is 5.75 Å². The number of carbonyl (C=O) groups is 9. The molecule has 18 rings (SSSR count). The van der Waals surface area contributed by atoms with Crippen molar-refractivity contribution in [2.24, 2.45) is 0 Å². The summed E-state index contributed by atoms with van der Waals surface area (Å²) in [5.41, 5.74) is 13.6. The number of anilines is 1. The molecule has 0 fully saturated rings. The predicted octanol–water partition coefficient (Wildman–Crippen LogP) is 20.8. The number of carbonyl (C=O) groups excluding carboxylic acids is 7. The first-order chi connectivity index (χ1) is 56.4. The van der Waals surface area contributed by atoms with Gasteiger partial charge in [0.25, 0.3) is 11.7 Å². The number of rotatable bonds is 16. The van der Waals surface area contributed by atoms with E-state index in [1.807, 2.05) is 149 Å². The van der Waals surface area contributed by atoms with E-state index >= 15 is 0 Å². The third-order valence-electron chi connectivity index (χ3n) is 19.2. The summed E-state index contributed by atoms with van der Waals surface area (Å²) < 4.78 is 21.0. The molecule has 0 unspecified atom stereocenters. The van der Waals surface area contributed by atoms with Gasteiger partial charge in [0.1, 0.15) is 18.0 Å². The molecule has 0 spiro atoms. The molecule has 624 valence electrons. The molecule has 8 aromatic carbocycles. The van der Waals surface area contributed by atoms with Crippen molar-refractivity contribution in [1.82, 2.24) is 4.98 Å². The van der Waals surface area contributed by atoms with Gasteiger partial charge < -0.3 is 30.8 Å². The minimum Gasteiger partial charge on any atom is -0.870 e. The number of aryl methyl sites for hydroxylation is 3. The molecule has 0 saturated carbocycles. The van der Waals surface area contributed by atoms with Crippen LogP contribution >= 0.6 is 113 Å². The Morgan fingerprint density at radius 2 is 0.851 bits per heavy atom. The number of nitrogens with zero attached hydrogens (tertiary/aromatic N) is 1. The summed E-state index contributed by atoms with van der Waals surface area (Å²) in [4.78, 5) is 105. The minimum absolute atomic E-state index is 0. The van der Waals surface area contributed by atoms with Crippen molar-refractivity contribution < 1.29 is 102 Å². The Bertz CT molecular complexity index is 6020. The predicted molar refractivity (Wildman–Crippen MR) is 497 cm³/mol. The number of hydrogen-bond acceptors (Lipinski definition) is 20. The van der Waals surface area contributed by atoms with Crippen LogP contribution in [0.25, 0.3) is 71.4 Å². The van der Waals surface area contributed by atoms with Gasteiger partial charge in [-0.15, -0.1) is 79.6 Å². The van der Waals surface area contributed by atoms with Crippen LogP contribution < -0.4 is 34.9 Å². The van der Waals surface area contributed by atoms with Crippen LogP contribution in [0.5, 0.6) is 5.75 Å². The third kappa shape index (κ3) is 26.9. The largest absolute Gasteiger partial charge is 1.00 e. The van der Waals surface area contributed by atoms with Crippen molar-refractivity contribution in [3.63, 3.8) is 0 Å². The molecular weight excluding hydrogens is 1760 g/mol. The fraction of sp³-hybridized carbons (Fsp3) is 0.217. The van der Waals surface area contributed by atoms with Gasteiger partial charge in [-0.1, -0.05) is 142 Å². The number of halogens is 4. The molecule has 17 nitrogen and oxygen atoms in total. The first-order valence-corrected chi connectivity index (χ1v) is 45.9. The molecule has 0 saturated heterocycles. The number of aromatic hydroxyl groups is 1. The number of benzene rings is 8. The Hall–Kier alpha value is -8.77. The molecule has 15 aromatic rings. The van der Waals surface area contributed by atoms with Crippen molar-refractivity contribution in [3.05, 3.63) is 275 Å². The maximum Gasteiger partial charge on any atom is 1.00 e. The van der Waals surface area contributed by atoms with Crippen LogP contribution in [-0.2, 0) is 112 Å². The summed E-state index contributed by atoms with van der Waals surface area (Å²) in [5.74, 6) is -3.07. The summed E-state index contributed by atoms with van der Waals surface area (Å²) in [5, 5.41) is 51.1.